The molecule has 1 fully saturated rings. The number of hydrogen-bond donors (Lipinski definition) is 7. The highest BCUT2D eigenvalue weighted by atomic mass is 16.5. The zero-order valence-corrected chi connectivity index (χ0v) is 23.7. The highest BCUT2D eigenvalue weighted by Crippen LogP contribution is 2.41. The molecule has 0 aliphatic carbocycles. The van der Waals surface area contributed by atoms with Gasteiger partial charge in [-0.3, -0.25) is 20.3 Å². The van der Waals surface area contributed by atoms with E-state index in [1.54, 1.807) is 23.1 Å². The van der Waals surface area contributed by atoms with E-state index in [0.717, 1.165) is 12.0 Å². The number of aliphatic hydroxyl groups excluding tert-OH is 1. The van der Waals surface area contributed by atoms with Gasteiger partial charge in [-0.2, -0.15) is 0 Å². The molecule has 1 aromatic heterocycles. The largest absolute Gasteiger partial charge is 0.495 e. The number of guanidine groups is 2. The lowest BCUT2D eigenvalue weighted by Crippen LogP contribution is -2.88. The van der Waals surface area contributed by atoms with Gasteiger partial charge in [0.1, 0.15) is 29.3 Å². The number of carbonyl (C=O) groups is 2. The van der Waals surface area contributed by atoms with Gasteiger partial charge in [-0.15, -0.1) is 0 Å². The molecule has 4 aliphatic heterocycles. The van der Waals surface area contributed by atoms with Crippen LogP contribution in [0.2, 0.25) is 0 Å². The Kier molecular flexibility index (Phi) is 6.60. The molecular weight excluding hydrogens is 542 g/mol. The summed E-state index contributed by atoms with van der Waals surface area (Å²) in [6.45, 7) is 5.03. The lowest BCUT2D eigenvalue weighted by Gasteiger charge is -2.43. The van der Waals surface area contributed by atoms with E-state index in [1.165, 1.54) is 13.3 Å². The van der Waals surface area contributed by atoms with E-state index < -0.39 is 35.8 Å². The number of pyridine rings is 1. The number of amides is 2. The van der Waals surface area contributed by atoms with Gasteiger partial charge in [0.05, 0.1) is 31.5 Å². The molecule has 42 heavy (non-hydrogen) atoms. The van der Waals surface area contributed by atoms with Crippen LogP contribution in [-0.4, -0.2) is 95.4 Å². The molecule has 0 saturated carbocycles. The molecule has 2 amide bonds. The average Bonchev–Trinajstić information content (AvgIpc) is 3.47. The maximum Gasteiger partial charge on any atom is 0.343 e. The molecule has 222 valence electrons. The number of carbonyl (C=O) groups excluding carboxylic acids is 2. The Morgan fingerprint density at radius 3 is 2.81 bits per heavy atom. The third-order valence-electron chi connectivity index (χ3n) is 8.69. The van der Waals surface area contributed by atoms with E-state index in [4.69, 9.17) is 20.9 Å². The van der Waals surface area contributed by atoms with Crippen molar-refractivity contribution in [2.24, 2.45) is 16.5 Å². The number of rotatable bonds is 6. The highest BCUT2D eigenvalue weighted by molar-refractivity contribution is 5.98. The molecule has 14 nitrogen and oxygen atoms in total. The van der Waals surface area contributed by atoms with Crippen molar-refractivity contribution in [3.05, 3.63) is 53.3 Å². The number of benzene rings is 1. The second-order valence-electron chi connectivity index (χ2n) is 11.6. The van der Waals surface area contributed by atoms with E-state index >= 15 is 0 Å². The molecule has 0 bridgehead atoms. The summed E-state index contributed by atoms with van der Waals surface area (Å²) in [6.07, 6.45) is 1.16. The Balaban J connectivity index is 1.21. The minimum absolute atomic E-state index is 0.0858. The third kappa shape index (κ3) is 4.33. The van der Waals surface area contributed by atoms with Crippen LogP contribution < -0.4 is 41.9 Å². The SMILES string of the molecule is COc1ccc(C(=O)NC[C@@H]2N=C(N)N3CC(NC(=O)c4cccc5c4OCCC5(C)C)[C@@H](O)C34NC(N)=[NH+][C@@H]24)nc1. The van der Waals surface area contributed by atoms with Crippen LogP contribution in [0.15, 0.2) is 41.5 Å². The number of methoxy groups -OCH3 is 1. The summed E-state index contributed by atoms with van der Waals surface area (Å²) in [6, 6.07) is 6.84. The van der Waals surface area contributed by atoms with Crippen molar-refractivity contribution in [2.45, 2.75) is 55.6 Å². The third-order valence-corrected chi connectivity index (χ3v) is 8.69. The van der Waals surface area contributed by atoms with Gasteiger partial charge in [-0.1, -0.05) is 26.0 Å². The molecule has 9 N–H and O–H groups in total. The normalized spacial score (nSPS) is 28.6. The summed E-state index contributed by atoms with van der Waals surface area (Å²) in [7, 11) is 1.52. The van der Waals surface area contributed by atoms with Gasteiger partial charge < -0.3 is 35.8 Å². The summed E-state index contributed by atoms with van der Waals surface area (Å²) in [5, 5.41) is 20.7. The summed E-state index contributed by atoms with van der Waals surface area (Å²) >= 11 is 0. The van der Waals surface area contributed by atoms with Crippen LogP contribution in [0.25, 0.3) is 0 Å². The van der Waals surface area contributed by atoms with Gasteiger partial charge >= 0.3 is 5.96 Å². The van der Waals surface area contributed by atoms with Crippen molar-refractivity contribution >= 4 is 23.7 Å². The summed E-state index contributed by atoms with van der Waals surface area (Å²) in [5.41, 5.74) is 12.8. The molecule has 14 heteroatoms. The number of hydrogen-bond acceptors (Lipinski definition) is 11. The molecule has 5 atom stereocenters. The zero-order chi connectivity index (χ0) is 29.8. The minimum Gasteiger partial charge on any atom is -0.495 e. The smallest absolute Gasteiger partial charge is 0.343 e. The maximum absolute atomic E-state index is 13.6. The standard InChI is InChI=1S/C28H35N9O5/c1-27(2)9-10-42-20-15(5-4-6-16(20)27)23(39)33-19-13-37-26(30)34-18(21-28(37,22(19)38)36-25(29)35-21)12-32-24(40)17-8-7-14(41-3)11-31-17/h4-8,11,18-19,21-22,38H,9-10,12-13H2,1-3H3,(H2,30,34)(H,32,40)(H,33,39)(H3,29,35,36)/p+1/t18-,19?,21-,22+,28?/m0/s1. The predicted molar refractivity (Wildman–Crippen MR) is 152 cm³/mol. The Bertz CT molecular complexity index is 1480. The number of aromatic nitrogens is 1. The lowest BCUT2D eigenvalue weighted by molar-refractivity contribution is -0.513. The van der Waals surface area contributed by atoms with E-state index in [2.05, 4.69) is 44.8 Å². The summed E-state index contributed by atoms with van der Waals surface area (Å²) in [4.78, 5) is 40.0. The quantitative estimate of drug-likeness (QED) is 0.186. The number of aliphatic hydroxyl groups is 1. The number of nitrogens with one attached hydrogen (secondary N) is 4. The van der Waals surface area contributed by atoms with E-state index in [0.29, 0.717) is 23.7 Å². The van der Waals surface area contributed by atoms with Gasteiger partial charge in [-0.05, 0) is 30.0 Å². The van der Waals surface area contributed by atoms with Crippen LogP contribution in [0.4, 0.5) is 0 Å². The van der Waals surface area contributed by atoms with Crippen molar-refractivity contribution < 1.29 is 29.2 Å². The molecule has 1 spiro atoms. The molecule has 1 aromatic carbocycles. The number of ether oxygens (including phenoxy) is 2. The van der Waals surface area contributed by atoms with Crippen LogP contribution in [0.3, 0.4) is 0 Å². The fraction of sp³-hybridized carbons (Fsp3) is 0.464. The molecule has 2 aromatic rings. The van der Waals surface area contributed by atoms with Crippen LogP contribution in [0.5, 0.6) is 11.5 Å². The Hall–Kier alpha value is -4.59. The Morgan fingerprint density at radius 1 is 1.26 bits per heavy atom. The fourth-order valence-electron chi connectivity index (χ4n) is 6.41. The van der Waals surface area contributed by atoms with E-state index in [1.807, 2.05) is 12.1 Å². The number of fused-ring (bicyclic) bond motifs is 1. The monoisotopic (exact) mass is 578 g/mol. The van der Waals surface area contributed by atoms with Crippen molar-refractivity contribution in [2.75, 3.05) is 26.8 Å². The minimum atomic E-state index is -1.21. The molecular formula is C28H36N9O5+. The average molecular weight is 579 g/mol. The first-order valence-electron chi connectivity index (χ1n) is 13.9. The van der Waals surface area contributed by atoms with Crippen LogP contribution in [-0.2, 0) is 5.41 Å². The summed E-state index contributed by atoms with van der Waals surface area (Å²) in [5.74, 6) is 0.701. The van der Waals surface area contributed by atoms with Crippen LogP contribution in [0, 0.1) is 0 Å². The molecule has 4 aliphatic rings. The van der Waals surface area contributed by atoms with Gasteiger partial charge in [0.15, 0.2) is 12.0 Å². The maximum atomic E-state index is 13.6. The van der Waals surface area contributed by atoms with Gasteiger partial charge in [0, 0.05) is 18.7 Å². The second kappa shape index (κ2) is 10.0. The first-order valence-corrected chi connectivity index (χ1v) is 13.9. The second-order valence-corrected chi connectivity index (χ2v) is 11.6. The highest BCUT2D eigenvalue weighted by Gasteiger charge is 2.68. The summed E-state index contributed by atoms with van der Waals surface area (Å²) < 4.78 is 11.0. The Morgan fingerprint density at radius 2 is 2.07 bits per heavy atom. The van der Waals surface area contributed by atoms with Crippen molar-refractivity contribution in [1.82, 2.24) is 25.8 Å². The van der Waals surface area contributed by atoms with Crippen molar-refractivity contribution in [1.29, 1.82) is 0 Å². The number of nitrogens with two attached hydrogens (primary N) is 2. The first kappa shape index (κ1) is 27.6. The molecule has 0 radical (unpaired) electrons. The van der Waals surface area contributed by atoms with Crippen LogP contribution >= 0.6 is 0 Å². The zero-order valence-electron chi connectivity index (χ0n) is 23.7. The number of nitrogens with zero attached hydrogens (tertiary/aromatic N) is 3. The fourth-order valence-corrected chi connectivity index (χ4v) is 6.41. The van der Waals surface area contributed by atoms with Gasteiger partial charge in [-0.25, -0.2) is 15.3 Å². The first-order chi connectivity index (χ1) is 20.0. The molecule has 2 unspecified atom stereocenters. The van der Waals surface area contributed by atoms with Crippen LogP contribution in [0.1, 0.15) is 46.7 Å². The predicted octanol–water partition coefficient (Wildman–Crippen LogP) is -2.88. The van der Waals surface area contributed by atoms with Crippen molar-refractivity contribution in [3.63, 3.8) is 0 Å². The van der Waals surface area contributed by atoms with Gasteiger partial charge in [0.2, 0.25) is 5.66 Å². The Labute approximate surface area is 242 Å². The van der Waals surface area contributed by atoms with E-state index in [-0.39, 0.29) is 42.0 Å². The van der Waals surface area contributed by atoms with E-state index in [9.17, 15) is 14.7 Å². The van der Waals surface area contributed by atoms with Crippen molar-refractivity contribution in [3.8, 4) is 11.5 Å². The number of aliphatic imine (C=N–C) groups is 1. The molecule has 1 saturated heterocycles. The number of para-hydroxylation sites is 1. The van der Waals surface area contributed by atoms with Gasteiger partial charge in [0.25, 0.3) is 11.8 Å². The molecule has 6 rings (SSSR count). The molecule has 5 heterocycles. The topological polar surface area (TPSA) is 203 Å². The lowest BCUT2D eigenvalue weighted by atomic mass is 9.79.